The van der Waals surface area contributed by atoms with Gasteiger partial charge in [-0.05, 0) is 32.2 Å². The molecule has 0 aliphatic carbocycles. The van der Waals surface area contributed by atoms with E-state index in [0.717, 1.165) is 38.8 Å². The summed E-state index contributed by atoms with van der Waals surface area (Å²) in [5, 5.41) is 5.98. The van der Waals surface area contributed by atoms with E-state index in [2.05, 4.69) is 10.6 Å². The molecule has 2 aliphatic rings. The summed E-state index contributed by atoms with van der Waals surface area (Å²) in [4.78, 5) is 25.3. The molecule has 0 aromatic rings. The maximum absolute atomic E-state index is 11.8. The quantitative estimate of drug-likeness (QED) is 0.664. The van der Waals surface area contributed by atoms with Gasteiger partial charge in [0.2, 0.25) is 11.8 Å². The first kappa shape index (κ1) is 11.4. The van der Waals surface area contributed by atoms with Crippen LogP contribution in [-0.4, -0.2) is 48.9 Å². The number of hydrogen-bond donors (Lipinski definition) is 2. The number of likely N-dealkylation sites (tertiary alicyclic amines) is 1. The Bertz CT molecular complexity index is 287. The highest BCUT2D eigenvalue weighted by atomic mass is 16.2. The van der Waals surface area contributed by atoms with Gasteiger partial charge in [0.25, 0.3) is 0 Å². The predicted molar refractivity (Wildman–Crippen MR) is 59.8 cm³/mol. The van der Waals surface area contributed by atoms with Crippen LogP contribution in [0, 0.1) is 0 Å². The molecule has 2 heterocycles. The Morgan fingerprint density at radius 3 is 2.94 bits per heavy atom. The number of nitrogens with zero attached hydrogens (tertiary/aromatic N) is 1. The molecule has 2 amide bonds. The third-order valence-electron chi connectivity index (χ3n) is 3.35. The summed E-state index contributed by atoms with van der Waals surface area (Å²) in [6, 6.07) is -0.409. The van der Waals surface area contributed by atoms with E-state index in [1.54, 1.807) is 11.9 Å². The van der Waals surface area contributed by atoms with E-state index in [0.29, 0.717) is 0 Å². The molecule has 0 bridgehead atoms. The summed E-state index contributed by atoms with van der Waals surface area (Å²) < 4.78 is 0. The van der Waals surface area contributed by atoms with Crippen molar-refractivity contribution in [2.75, 3.05) is 20.1 Å². The Hall–Kier alpha value is -1.10. The van der Waals surface area contributed by atoms with Crippen molar-refractivity contribution in [3.8, 4) is 0 Å². The van der Waals surface area contributed by atoms with Crippen LogP contribution in [-0.2, 0) is 9.59 Å². The number of carbonyl (C=O) groups is 2. The lowest BCUT2D eigenvalue weighted by Crippen LogP contribution is -2.54. The fourth-order valence-corrected chi connectivity index (χ4v) is 2.35. The Morgan fingerprint density at radius 2 is 2.25 bits per heavy atom. The van der Waals surface area contributed by atoms with E-state index < -0.39 is 0 Å². The maximum atomic E-state index is 11.8. The monoisotopic (exact) mass is 225 g/mol. The second-order valence-corrected chi connectivity index (χ2v) is 4.61. The van der Waals surface area contributed by atoms with Crippen molar-refractivity contribution in [3.63, 3.8) is 0 Å². The van der Waals surface area contributed by atoms with Crippen LogP contribution < -0.4 is 10.6 Å². The van der Waals surface area contributed by atoms with Crippen molar-refractivity contribution in [1.29, 1.82) is 0 Å². The van der Waals surface area contributed by atoms with Gasteiger partial charge < -0.3 is 15.5 Å². The van der Waals surface area contributed by atoms with Crippen molar-refractivity contribution in [2.24, 2.45) is 0 Å². The van der Waals surface area contributed by atoms with Gasteiger partial charge in [0.1, 0.15) is 6.04 Å². The highest BCUT2D eigenvalue weighted by molar-refractivity contribution is 5.90. The minimum atomic E-state index is -0.311. The number of amides is 2. The molecule has 16 heavy (non-hydrogen) atoms. The van der Waals surface area contributed by atoms with Crippen molar-refractivity contribution >= 4 is 11.8 Å². The molecule has 2 atom stereocenters. The number of hydrogen-bond acceptors (Lipinski definition) is 3. The molecule has 2 N–H and O–H groups in total. The SMILES string of the molecule is CN1CCCC(NC(=O)C2CCCN2)C1=O. The van der Waals surface area contributed by atoms with E-state index >= 15 is 0 Å². The molecular formula is C11H19N3O2. The lowest BCUT2D eigenvalue weighted by molar-refractivity contribution is -0.137. The highest BCUT2D eigenvalue weighted by Crippen LogP contribution is 2.11. The van der Waals surface area contributed by atoms with Crippen molar-refractivity contribution in [3.05, 3.63) is 0 Å². The van der Waals surface area contributed by atoms with E-state index in [-0.39, 0.29) is 23.9 Å². The number of rotatable bonds is 2. The second kappa shape index (κ2) is 4.82. The highest BCUT2D eigenvalue weighted by Gasteiger charge is 2.30. The van der Waals surface area contributed by atoms with Crippen LogP contribution in [0.25, 0.3) is 0 Å². The van der Waals surface area contributed by atoms with Gasteiger partial charge in [-0.3, -0.25) is 9.59 Å². The van der Waals surface area contributed by atoms with E-state index in [4.69, 9.17) is 0 Å². The van der Waals surface area contributed by atoms with Crippen LogP contribution >= 0.6 is 0 Å². The van der Waals surface area contributed by atoms with Crippen LogP contribution in [0.2, 0.25) is 0 Å². The number of nitrogens with one attached hydrogen (secondary N) is 2. The van der Waals surface area contributed by atoms with Gasteiger partial charge in [0.15, 0.2) is 0 Å². The van der Waals surface area contributed by atoms with Crippen LogP contribution in [0.5, 0.6) is 0 Å². The van der Waals surface area contributed by atoms with Gasteiger partial charge in [-0.15, -0.1) is 0 Å². The third-order valence-corrected chi connectivity index (χ3v) is 3.35. The fraction of sp³-hybridized carbons (Fsp3) is 0.818. The zero-order valence-electron chi connectivity index (χ0n) is 9.66. The van der Waals surface area contributed by atoms with E-state index in [1.807, 2.05) is 0 Å². The Labute approximate surface area is 95.6 Å². The molecule has 2 rings (SSSR count). The van der Waals surface area contributed by atoms with Crippen LogP contribution in [0.15, 0.2) is 0 Å². The minimum absolute atomic E-state index is 0.0221. The standard InChI is InChI=1S/C11H19N3O2/c1-14-7-3-5-9(11(14)16)13-10(15)8-4-2-6-12-8/h8-9,12H,2-7H2,1H3,(H,13,15). The average molecular weight is 225 g/mol. The number of likely N-dealkylation sites (N-methyl/N-ethyl adjacent to an activating group) is 1. The summed E-state index contributed by atoms with van der Waals surface area (Å²) in [5.41, 5.74) is 0. The minimum Gasteiger partial charge on any atom is -0.344 e. The summed E-state index contributed by atoms with van der Waals surface area (Å²) in [7, 11) is 1.79. The largest absolute Gasteiger partial charge is 0.344 e. The third kappa shape index (κ3) is 2.35. The topological polar surface area (TPSA) is 61.4 Å². The van der Waals surface area contributed by atoms with Gasteiger partial charge in [-0.1, -0.05) is 0 Å². The fourth-order valence-electron chi connectivity index (χ4n) is 2.35. The number of piperidine rings is 1. The Morgan fingerprint density at radius 1 is 1.44 bits per heavy atom. The van der Waals surface area contributed by atoms with Crippen LogP contribution in [0.3, 0.4) is 0 Å². The molecule has 0 aromatic carbocycles. The molecule has 2 saturated heterocycles. The Kier molecular flexibility index (Phi) is 3.43. The van der Waals surface area contributed by atoms with Gasteiger partial charge in [0.05, 0.1) is 6.04 Å². The average Bonchev–Trinajstić information content (AvgIpc) is 2.78. The summed E-state index contributed by atoms with van der Waals surface area (Å²) in [6.07, 6.45) is 3.64. The van der Waals surface area contributed by atoms with Crippen LogP contribution in [0.1, 0.15) is 25.7 Å². The second-order valence-electron chi connectivity index (χ2n) is 4.61. The summed E-state index contributed by atoms with van der Waals surface area (Å²) in [5.74, 6) is 0.0174. The van der Waals surface area contributed by atoms with E-state index in [1.165, 1.54) is 0 Å². The lowest BCUT2D eigenvalue weighted by atomic mass is 10.0. The lowest BCUT2D eigenvalue weighted by Gasteiger charge is -2.30. The molecular weight excluding hydrogens is 206 g/mol. The molecule has 0 spiro atoms. The maximum Gasteiger partial charge on any atom is 0.244 e. The molecule has 0 aromatic heterocycles. The van der Waals surface area contributed by atoms with Gasteiger partial charge in [-0.2, -0.15) is 0 Å². The molecule has 2 fully saturated rings. The first-order valence-corrected chi connectivity index (χ1v) is 5.97. The van der Waals surface area contributed by atoms with Crippen molar-refractivity contribution < 1.29 is 9.59 Å². The summed E-state index contributed by atoms with van der Waals surface area (Å²) >= 11 is 0. The molecule has 0 radical (unpaired) electrons. The zero-order valence-corrected chi connectivity index (χ0v) is 9.66. The van der Waals surface area contributed by atoms with Gasteiger partial charge in [-0.25, -0.2) is 0 Å². The van der Waals surface area contributed by atoms with Crippen molar-refractivity contribution in [1.82, 2.24) is 15.5 Å². The first-order chi connectivity index (χ1) is 7.68. The molecule has 2 aliphatic heterocycles. The van der Waals surface area contributed by atoms with Crippen LogP contribution in [0.4, 0.5) is 0 Å². The molecule has 2 unspecified atom stereocenters. The molecule has 5 heteroatoms. The zero-order chi connectivity index (χ0) is 11.5. The first-order valence-electron chi connectivity index (χ1n) is 5.97. The molecule has 5 nitrogen and oxygen atoms in total. The van der Waals surface area contributed by atoms with Crippen molar-refractivity contribution in [2.45, 2.75) is 37.8 Å². The van der Waals surface area contributed by atoms with E-state index in [9.17, 15) is 9.59 Å². The van der Waals surface area contributed by atoms with Gasteiger partial charge in [0, 0.05) is 13.6 Å². The van der Waals surface area contributed by atoms with Gasteiger partial charge >= 0.3 is 0 Å². The molecule has 90 valence electrons. The smallest absolute Gasteiger partial charge is 0.244 e. The summed E-state index contributed by atoms with van der Waals surface area (Å²) in [6.45, 7) is 1.70. The predicted octanol–water partition coefficient (Wildman–Crippen LogP) is -0.525. The number of carbonyl (C=O) groups excluding carboxylic acids is 2. The Balaban J connectivity index is 1.88. The normalized spacial score (nSPS) is 30.6. The molecule has 0 saturated carbocycles.